The molecule has 0 aliphatic rings. The van der Waals surface area contributed by atoms with Crippen molar-refractivity contribution in [1.82, 2.24) is 9.88 Å². The number of benzene rings is 1. The standard InChI is InChI=1S/C16H18N2O3/c1-11(20)14-9-18(7-3-6-17-2)15-8-12(10-19)4-5-13(15)16(14)21/h4-5,8-10,17H,3,6-7H2,1-2H3. The first-order valence-electron chi connectivity index (χ1n) is 6.86. The molecule has 0 saturated heterocycles. The summed E-state index contributed by atoms with van der Waals surface area (Å²) in [4.78, 5) is 34.9. The van der Waals surface area contributed by atoms with Gasteiger partial charge in [-0.1, -0.05) is 6.07 Å². The molecule has 0 saturated carbocycles. The first kappa shape index (κ1) is 15.1. The lowest BCUT2D eigenvalue weighted by atomic mass is 10.1. The molecule has 0 fully saturated rings. The molecule has 0 unspecified atom stereocenters. The molecule has 2 aromatic rings. The lowest BCUT2D eigenvalue weighted by molar-refractivity contribution is 0.101. The van der Waals surface area contributed by atoms with Gasteiger partial charge in [0.2, 0.25) is 0 Å². The highest BCUT2D eigenvalue weighted by molar-refractivity contribution is 5.97. The topological polar surface area (TPSA) is 68.2 Å². The van der Waals surface area contributed by atoms with Crippen molar-refractivity contribution >= 4 is 23.0 Å². The predicted molar refractivity (Wildman–Crippen MR) is 82.1 cm³/mol. The number of nitrogens with zero attached hydrogens (tertiary/aromatic N) is 1. The molecule has 1 aromatic carbocycles. The van der Waals surface area contributed by atoms with Crippen LogP contribution < -0.4 is 10.7 Å². The summed E-state index contributed by atoms with van der Waals surface area (Å²) in [5.41, 5.74) is 1.11. The Kier molecular flexibility index (Phi) is 4.65. The maximum atomic E-state index is 12.3. The summed E-state index contributed by atoms with van der Waals surface area (Å²) in [6.07, 6.45) is 3.20. The average Bonchev–Trinajstić information content (AvgIpc) is 2.49. The lowest BCUT2D eigenvalue weighted by Gasteiger charge is -2.13. The van der Waals surface area contributed by atoms with Gasteiger partial charge in [-0.2, -0.15) is 0 Å². The maximum Gasteiger partial charge on any atom is 0.200 e. The summed E-state index contributed by atoms with van der Waals surface area (Å²) in [6, 6.07) is 4.90. The molecule has 2 rings (SSSR count). The number of Topliss-reactive ketones (excluding diaryl/α,β-unsaturated/α-hetero) is 1. The minimum atomic E-state index is -0.278. The first-order valence-corrected chi connectivity index (χ1v) is 6.86. The molecule has 5 nitrogen and oxygen atoms in total. The Labute approximate surface area is 122 Å². The van der Waals surface area contributed by atoms with Gasteiger partial charge in [-0.15, -0.1) is 0 Å². The molecular weight excluding hydrogens is 268 g/mol. The zero-order valence-electron chi connectivity index (χ0n) is 12.2. The highest BCUT2D eigenvalue weighted by Gasteiger charge is 2.12. The van der Waals surface area contributed by atoms with Crippen molar-refractivity contribution < 1.29 is 9.59 Å². The molecule has 1 N–H and O–H groups in total. The number of rotatable bonds is 6. The number of fused-ring (bicyclic) bond motifs is 1. The van der Waals surface area contributed by atoms with E-state index in [-0.39, 0.29) is 16.8 Å². The van der Waals surface area contributed by atoms with Crippen LogP contribution >= 0.6 is 0 Å². The van der Waals surface area contributed by atoms with Crippen LogP contribution in [0.25, 0.3) is 10.9 Å². The molecule has 1 heterocycles. The Morgan fingerprint density at radius 1 is 1.38 bits per heavy atom. The SMILES string of the molecule is CNCCCn1cc(C(C)=O)c(=O)c2ccc(C=O)cc21. The number of nitrogens with one attached hydrogen (secondary N) is 1. The summed E-state index contributed by atoms with van der Waals surface area (Å²) in [6.45, 7) is 2.89. The van der Waals surface area contributed by atoms with Gasteiger partial charge in [-0.25, -0.2) is 0 Å². The number of carbonyl (C=O) groups is 2. The fourth-order valence-corrected chi connectivity index (χ4v) is 2.34. The van der Waals surface area contributed by atoms with Gasteiger partial charge in [0.25, 0.3) is 0 Å². The summed E-state index contributed by atoms with van der Waals surface area (Å²) in [5, 5.41) is 3.53. The van der Waals surface area contributed by atoms with Crippen molar-refractivity contribution in [2.75, 3.05) is 13.6 Å². The lowest BCUT2D eigenvalue weighted by Crippen LogP contribution is -2.19. The molecule has 5 heteroatoms. The molecule has 110 valence electrons. The fourth-order valence-electron chi connectivity index (χ4n) is 2.34. The third-order valence-corrected chi connectivity index (χ3v) is 3.45. The van der Waals surface area contributed by atoms with Gasteiger partial charge >= 0.3 is 0 Å². The number of carbonyl (C=O) groups excluding carboxylic acids is 2. The number of aromatic nitrogens is 1. The van der Waals surface area contributed by atoms with E-state index in [4.69, 9.17) is 0 Å². The van der Waals surface area contributed by atoms with E-state index in [9.17, 15) is 14.4 Å². The Morgan fingerprint density at radius 3 is 2.76 bits per heavy atom. The normalized spacial score (nSPS) is 10.8. The number of hydrogen-bond donors (Lipinski definition) is 1. The minimum Gasteiger partial charge on any atom is -0.346 e. The van der Waals surface area contributed by atoms with E-state index in [1.54, 1.807) is 24.4 Å². The minimum absolute atomic E-state index is 0.186. The number of aryl methyl sites for hydroxylation is 1. The zero-order valence-corrected chi connectivity index (χ0v) is 12.2. The van der Waals surface area contributed by atoms with E-state index in [1.165, 1.54) is 6.92 Å². The van der Waals surface area contributed by atoms with E-state index >= 15 is 0 Å². The van der Waals surface area contributed by atoms with Gasteiger partial charge in [0.15, 0.2) is 11.2 Å². The smallest absolute Gasteiger partial charge is 0.200 e. The second kappa shape index (κ2) is 6.45. The van der Waals surface area contributed by atoms with Crippen LogP contribution in [-0.2, 0) is 6.54 Å². The monoisotopic (exact) mass is 286 g/mol. The molecule has 21 heavy (non-hydrogen) atoms. The molecule has 0 amide bonds. The van der Waals surface area contributed by atoms with Gasteiger partial charge in [-0.3, -0.25) is 14.4 Å². The first-order chi connectivity index (χ1) is 10.1. The summed E-state index contributed by atoms with van der Waals surface area (Å²) >= 11 is 0. The van der Waals surface area contributed by atoms with Crippen molar-refractivity contribution in [2.45, 2.75) is 19.9 Å². The fraction of sp³-hybridized carbons (Fsp3) is 0.312. The predicted octanol–water partition coefficient (Wildman–Crippen LogP) is 1.63. The molecule has 0 aliphatic carbocycles. The Morgan fingerprint density at radius 2 is 2.14 bits per heavy atom. The van der Waals surface area contributed by atoms with Crippen LogP contribution in [-0.4, -0.2) is 30.2 Å². The van der Waals surface area contributed by atoms with Crippen LogP contribution in [0.2, 0.25) is 0 Å². The van der Waals surface area contributed by atoms with E-state index in [0.29, 0.717) is 23.0 Å². The number of aldehydes is 1. The molecule has 0 bridgehead atoms. The van der Waals surface area contributed by atoms with Crippen molar-refractivity contribution in [1.29, 1.82) is 0 Å². The summed E-state index contributed by atoms with van der Waals surface area (Å²) in [5.74, 6) is -0.247. The Bertz CT molecular complexity index is 747. The highest BCUT2D eigenvalue weighted by Crippen LogP contribution is 2.15. The van der Waals surface area contributed by atoms with E-state index in [1.807, 2.05) is 11.6 Å². The number of hydrogen-bond acceptors (Lipinski definition) is 4. The largest absolute Gasteiger partial charge is 0.346 e. The third kappa shape index (κ3) is 3.08. The van der Waals surface area contributed by atoms with E-state index in [0.717, 1.165) is 19.3 Å². The van der Waals surface area contributed by atoms with Crippen LogP contribution in [0.4, 0.5) is 0 Å². The second-order valence-corrected chi connectivity index (χ2v) is 4.97. The van der Waals surface area contributed by atoms with Gasteiger partial charge in [0.1, 0.15) is 6.29 Å². The quantitative estimate of drug-likeness (QED) is 0.498. The average molecular weight is 286 g/mol. The van der Waals surface area contributed by atoms with Crippen molar-refractivity contribution in [2.24, 2.45) is 0 Å². The molecule has 0 radical (unpaired) electrons. The number of pyridine rings is 1. The molecule has 0 aliphatic heterocycles. The Hall–Kier alpha value is -2.27. The van der Waals surface area contributed by atoms with Crippen LogP contribution in [0, 0.1) is 0 Å². The van der Waals surface area contributed by atoms with Crippen molar-refractivity contribution in [3.05, 3.63) is 45.7 Å². The van der Waals surface area contributed by atoms with Crippen molar-refractivity contribution in [3.63, 3.8) is 0 Å². The van der Waals surface area contributed by atoms with Gasteiger partial charge in [-0.05, 0) is 39.1 Å². The maximum absolute atomic E-state index is 12.3. The summed E-state index contributed by atoms with van der Waals surface area (Å²) < 4.78 is 1.87. The molecular formula is C16H18N2O3. The van der Waals surface area contributed by atoms with E-state index in [2.05, 4.69) is 5.32 Å². The van der Waals surface area contributed by atoms with Gasteiger partial charge in [0, 0.05) is 23.7 Å². The molecule has 0 atom stereocenters. The zero-order chi connectivity index (χ0) is 15.4. The second-order valence-electron chi connectivity index (χ2n) is 4.97. The third-order valence-electron chi connectivity index (χ3n) is 3.45. The molecule has 1 aromatic heterocycles. The summed E-state index contributed by atoms with van der Waals surface area (Å²) in [7, 11) is 1.87. The van der Waals surface area contributed by atoms with Gasteiger partial charge < -0.3 is 9.88 Å². The Balaban J connectivity index is 2.66. The van der Waals surface area contributed by atoms with Crippen LogP contribution in [0.15, 0.2) is 29.2 Å². The van der Waals surface area contributed by atoms with E-state index < -0.39 is 0 Å². The van der Waals surface area contributed by atoms with Crippen LogP contribution in [0.5, 0.6) is 0 Å². The van der Waals surface area contributed by atoms with Crippen LogP contribution in [0.3, 0.4) is 0 Å². The number of ketones is 1. The van der Waals surface area contributed by atoms with Crippen molar-refractivity contribution in [3.8, 4) is 0 Å². The van der Waals surface area contributed by atoms with Crippen LogP contribution in [0.1, 0.15) is 34.1 Å². The van der Waals surface area contributed by atoms with Gasteiger partial charge in [0.05, 0.1) is 11.1 Å². The molecule has 0 spiro atoms. The highest BCUT2D eigenvalue weighted by atomic mass is 16.1.